The maximum absolute atomic E-state index is 11.7. The highest BCUT2D eigenvalue weighted by molar-refractivity contribution is 5.85. The molecule has 4 nitrogen and oxygen atoms in total. The lowest BCUT2D eigenvalue weighted by Crippen LogP contribution is -2.34. The Kier molecular flexibility index (Phi) is 7.39. The second-order valence-electron chi connectivity index (χ2n) is 4.14. The Morgan fingerprint density at radius 2 is 2.11 bits per heavy atom. The van der Waals surface area contributed by atoms with E-state index in [9.17, 15) is 4.79 Å². The van der Waals surface area contributed by atoms with E-state index in [-0.39, 0.29) is 30.3 Å². The third-order valence-electron chi connectivity index (χ3n) is 2.75. The minimum Gasteiger partial charge on any atom is -0.497 e. The molecule has 0 saturated carbocycles. The molecule has 3 N–H and O–H groups in total. The molecule has 2 atom stereocenters. The molecule has 5 heteroatoms. The van der Waals surface area contributed by atoms with Gasteiger partial charge in [0.15, 0.2) is 0 Å². The number of hydrogen-bond donors (Lipinski definition) is 2. The average molecular weight is 273 g/mol. The molecule has 2 unspecified atom stereocenters. The molecule has 1 rings (SSSR count). The van der Waals surface area contributed by atoms with Crippen LogP contribution < -0.4 is 15.8 Å². The van der Waals surface area contributed by atoms with Crippen LogP contribution in [0.5, 0.6) is 5.75 Å². The van der Waals surface area contributed by atoms with Gasteiger partial charge in [-0.15, -0.1) is 12.4 Å². The van der Waals surface area contributed by atoms with Gasteiger partial charge in [-0.1, -0.05) is 19.1 Å². The predicted molar refractivity (Wildman–Crippen MR) is 75.0 cm³/mol. The van der Waals surface area contributed by atoms with Crippen LogP contribution in [0.2, 0.25) is 0 Å². The van der Waals surface area contributed by atoms with Gasteiger partial charge in [0, 0.05) is 12.5 Å². The fourth-order valence-corrected chi connectivity index (χ4v) is 1.46. The number of nitrogens with two attached hydrogens (primary N) is 1. The zero-order chi connectivity index (χ0) is 12.8. The van der Waals surface area contributed by atoms with Crippen molar-refractivity contribution in [1.29, 1.82) is 0 Å². The molecule has 0 heterocycles. The summed E-state index contributed by atoms with van der Waals surface area (Å²) in [4.78, 5) is 11.7. The first-order valence-electron chi connectivity index (χ1n) is 5.73. The normalized spacial score (nSPS) is 13.1. The fraction of sp³-hybridized carbons (Fsp3) is 0.462. The van der Waals surface area contributed by atoms with Crippen molar-refractivity contribution in [2.45, 2.75) is 19.9 Å². The van der Waals surface area contributed by atoms with Gasteiger partial charge in [0.2, 0.25) is 5.91 Å². The highest BCUT2D eigenvalue weighted by atomic mass is 35.5. The van der Waals surface area contributed by atoms with E-state index in [0.29, 0.717) is 6.54 Å². The third kappa shape index (κ3) is 4.55. The lowest BCUT2D eigenvalue weighted by Gasteiger charge is -2.17. The average Bonchev–Trinajstić information content (AvgIpc) is 2.37. The third-order valence-corrected chi connectivity index (χ3v) is 2.75. The number of benzene rings is 1. The van der Waals surface area contributed by atoms with Crippen molar-refractivity contribution in [3.63, 3.8) is 0 Å². The summed E-state index contributed by atoms with van der Waals surface area (Å²) in [5.74, 6) is 0.598. The lowest BCUT2D eigenvalue weighted by molar-refractivity contribution is -0.124. The Hall–Kier alpha value is -1.26. The summed E-state index contributed by atoms with van der Waals surface area (Å²) in [6.07, 6.45) is 0. The Morgan fingerprint density at radius 1 is 1.44 bits per heavy atom. The van der Waals surface area contributed by atoms with Crippen LogP contribution >= 0.6 is 12.4 Å². The smallest absolute Gasteiger partial charge is 0.224 e. The zero-order valence-corrected chi connectivity index (χ0v) is 11.8. The van der Waals surface area contributed by atoms with Gasteiger partial charge in [-0.2, -0.15) is 0 Å². The van der Waals surface area contributed by atoms with Gasteiger partial charge in [0.1, 0.15) is 5.75 Å². The van der Waals surface area contributed by atoms with Gasteiger partial charge < -0.3 is 15.8 Å². The van der Waals surface area contributed by atoms with E-state index in [1.165, 1.54) is 0 Å². The van der Waals surface area contributed by atoms with Gasteiger partial charge in [0.05, 0.1) is 13.2 Å². The minimum absolute atomic E-state index is 0. The summed E-state index contributed by atoms with van der Waals surface area (Å²) < 4.78 is 5.15. The fourth-order valence-electron chi connectivity index (χ4n) is 1.46. The van der Waals surface area contributed by atoms with Crippen LogP contribution in [0.15, 0.2) is 24.3 Å². The van der Waals surface area contributed by atoms with E-state index in [0.717, 1.165) is 11.3 Å². The van der Waals surface area contributed by atoms with Crippen LogP contribution in [-0.2, 0) is 4.79 Å². The molecule has 0 radical (unpaired) electrons. The van der Waals surface area contributed by atoms with Crippen molar-refractivity contribution in [2.24, 2.45) is 11.7 Å². The molecule has 0 spiro atoms. The van der Waals surface area contributed by atoms with Gasteiger partial charge in [0.25, 0.3) is 0 Å². The molecular weight excluding hydrogens is 252 g/mol. The molecule has 1 amide bonds. The number of hydrogen-bond acceptors (Lipinski definition) is 3. The van der Waals surface area contributed by atoms with Crippen molar-refractivity contribution < 1.29 is 9.53 Å². The number of carbonyl (C=O) groups excluding carboxylic acids is 1. The molecule has 102 valence electrons. The van der Waals surface area contributed by atoms with Crippen molar-refractivity contribution in [3.05, 3.63) is 29.8 Å². The van der Waals surface area contributed by atoms with E-state index in [2.05, 4.69) is 5.32 Å². The van der Waals surface area contributed by atoms with Crippen LogP contribution in [0.1, 0.15) is 25.5 Å². The molecule has 1 aromatic rings. The first-order chi connectivity index (χ1) is 8.08. The zero-order valence-electron chi connectivity index (χ0n) is 11.0. The summed E-state index contributed by atoms with van der Waals surface area (Å²) in [5, 5.41) is 2.92. The number of halogens is 1. The topological polar surface area (TPSA) is 64.3 Å². The van der Waals surface area contributed by atoms with Crippen molar-refractivity contribution in [3.8, 4) is 5.75 Å². The number of carbonyl (C=O) groups is 1. The SMILES string of the molecule is COc1cccc(C(C)NC(=O)C(C)CN)c1.Cl. The molecule has 0 fully saturated rings. The largest absolute Gasteiger partial charge is 0.497 e. The van der Waals surface area contributed by atoms with Crippen LogP contribution in [0.25, 0.3) is 0 Å². The summed E-state index contributed by atoms with van der Waals surface area (Å²) in [5.41, 5.74) is 6.47. The highest BCUT2D eigenvalue weighted by Gasteiger charge is 2.14. The molecule has 0 aliphatic carbocycles. The number of ether oxygens (including phenoxy) is 1. The molecular formula is C13H21ClN2O2. The Balaban J connectivity index is 0.00000289. The van der Waals surface area contributed by atoms with E-state index in [1.807, 2.05) is 38.1 Å². The summed E-state index contributed by atoms with van der Waals surface area (Å²) in [6.45, 7) is 4.11. The monoisotopic (exact) mass is 272 g/mol. The summed E-state index contributed by atoms with van der Waals surface area (Å²) >= 11 is 0. The number of methoxy groups -OCH3 is 1. The molecule has 0 aliphatic rings. The first-order valence-corrected chi connectivity index (χ1v) is 5.73. The molecule has 0 bridgehead atoms. The molecule has 0 saturated heterocycles. The molecule has 1 aromatic carbocycles. The van der Waals surface area contributed by atoms with Crippen LogP contribution in [0.3, 0.4) is 0 Å². The van der Waals surface area contributed by atoms with Gasteiger partial charge >= 0.3 is 0 Å². The Morgan fingerprint density at radius 3 is 2.67 bits per heavy atom. The van der Waals surface area contributed by atoms with Gasteiger partial charge in [-0.3, -0.25) is 4.79 Å². The van der Waals surface area contributed by atoms with Gasteiger partial charge in [-0.05, 0) is 24.6 Å². The van der Waals surface area contributed by atoms with E-state index in [1.54, 1.807) is 7.11 Å². The Bertz CT molecular complexity index is 385. The highest BCUT2D eigenvalue weighted by Crippen LogP contribution is 2.18. The maximum atomic E-state index is 11.7. The quantitative estimate of drug-likeness (QED) is 0.860. The molecule has 18 heavy (non-hydrogen) atoms. The van der Waals surface area contributed by atoms with Crippen molar-refractivity contribution in [1.82, 2.24) is 5.32 Å². The second-order valence-corrected chi connectivity index (χ2v) is 4.14. The first kappa shape index (κ1) is 16.7. The summed E-state index contributed by atoms with van der Waals surface area (Å²) in [6, 6.07) is 7.61. The second kappa shape index (κ2) is 7.95. The van der Waals surface area contributed by atoms with E-state index in [4.69, 9.17) is 10.5 Å². The number of amides is 1. The molecule has 0 aromatic heterocycles. The number of nitrogens with one attached hydrogen (secondary N) is 1. The van der Waals surface area contributed by atoms with Gasteiger partial charge in [-0.25, -0.2) is 0 Å². The van der Waals surface area contributed by atoms with Crippen molar-refractivity contribution in [2.75, 3.05) is 13.7 Å². The molecule has 0 aliphatic heterocycles. The number of rotatable bonds is 5. The minimum atomic E-state index is -0.164. The Labute approximate surface area is 114 Å². The van der Waals surface area contributed by atoms with E-state index >= 15 is 0 Å². The summed E-state index contributed by atoms with van der Waals surface area (Å²) in [7, 11) is 1.62. The van der Waals surface area contributed by atoms with Crippen LogP contribution in [0.4, 0.5) is 0 Å². The van der Waals surface area contributed by atoms with Crippen LogP contribution in [0, 0.1) is 5.92 Å². The predicted octanol–water partition coefficient (Wildman–Crippen LogP) is 1.89. The van der Waals surface area contributed by atoms with Crippen LogP contribution in [-0.4, -0.2) is 19.6 Å². The van der Waals surface area contributed by atoms with Crippen molar-refractivity contribution >= 4 is 18.3 Å². The lowest BCUT2D eigenvalue weighted by atomic mass is 10.1. The standard InChI is InChI=1S/C13H20N2O2.ClH/c1-9(8-14)13(16)15-10(2)11-5-4-6-12(7-11)17-3;/h4-7,9-10H,8,14H2,1-3H3,(H,15,16);1H. The maximum Gasteiger partial charge on any atom is 0.224 e. The van der Waals surface area contributed by atoms with E-state index < -0.39 is 0 Å².